The Kier molecular flexibility index (Phi) is 4.85. The SMILES string of the molecule is Cc1cccc(N2CCN(C(=O)C(=O)c3c[nH]c4cc(Cl)ccc34)CC2)c1C. The van der Waals surface area contributed by atoms with Gasteiger partial charge in [-0.15, -0.1) is 0 Å². The van der Waals surface area contributed by atoms with Crippen molar-refractivity contribution in [1.29, 1.82) is 0 Å². The van der Waals surface area contributed by atoms with Gasteiger partial charge in [-0.3, -0.25) is 9.59 Å². The van der Waals surface area contributed by atoms with Gasteiger partial charge >= 0.3 is 0 Å². The molecule has 1 aliphatic heterocycles. The second kappa shape index (κ2) is 7.32. The third kappa shape index (κ3) is 3.27. The highest BCUT2D eigenvalue weighted by Crippen LogP contribution is 2.25. The average Bonchev–Trinajstić information content (AvgIpc) is 3.12. The van der Waals surface area contributed by atoms with Gasteiger partial charge in [0, 0.05) is 54.0 Å². The summed E-state index contributed by atoms with van der Waals surface area (Å²) in [5.41, 5.74) is 4.87. The van der Waals surface area contributed by atoms with Crippen LogP contribution in [0.1, 0.15) is 21.5 Å². The minimum absolute atomic E-state index is 0.397. The van der Waals surface area contributed by atoms with E-state index in [0.717, 1.165) is 10.9 Å². The molecule has 0 radical (unpaired) electrons. The molecule has 3 aromatic rings. The van der Waals surface area contributed by atoms with Crippen LogP contribution in [-0.4, -0.2) is 47.8 Å². The molecule has 0 aliphatic carbocycles. The number of carbonyl (C=O) groups is 2. The van der Waals surface area contributed by atoms with Crippen LogP contribution < -0.4 is 4.90 Å². The summed E-state index contributed by atoms with van der Waals surface area (Å²) in [6.45, 7) is 6.72. The molecule has 1 aliphatic rings. The number of H-pyrrole nitrogens is 1. The lowest BCUT2D eigenvalue weighted by Gasteiger charge is -2.36. The first-order valence-electron chi connectivity index (χ1n) is 9.37. The number of fused-ring (bicyclic) bond motifs is 1. The van der Waals surface area contributed by atoms with Crippen molar-refractivity contribution in [1.82, 2.24) is 9.88 Å². The highest BCUT2D eigenvalue weighted by molar-refractivity contribution is 6.45. The van der Waals surface area contributed by atoms with Crippen LogP contribution in [0.25, 0.3) is 10.9 Å². The third-order valence-electron chi connectivity index (χ3n) is 5.57. The van der Waals surface area contributed by atoms with E-state index in [9.17, 15) is 9.59 Å². The largest absolute Gasteiger partial charge is 0.368 e. The maximum Gasteiger partial charge on any atom is 0.295 e. The number of rotatable bonds is 3. The molecule has 6 heteroatoms. The second-order valence-corrected chi connectivity index (χ2v) is 7.66. The lowest BCUT2D eigenvalue weighted by atomic mass is 10.1. The van der Waals surface area contributed by atoms with Crippen molar-refractivity contribution in [2.24, 2.45) is 0 Å². The van der Waals surface area contributed by atoms with Gasteiger partial charge < -0.3 is 14.8 Å². The quantitative estimate of drug-likeness (QED) is 0.539. The highest BCUT2D eigenvalue weighted by atomic mass is 35.5. The number of nitrogens with zero attached hydrogens (tertiary/aromatic N) is 2. The van der Waals surface area contributed by atoms with E-state index in [2.05, 4.69) is 41.9 Å². The molecular weight excluding hydrogens is 374 g/mol. The number of carbonyl (C=O) groups excluding carboxylic acids is 2. The topological polar surface area (TPSA) is 56.4 Å². The molecule has 1 saturated heterocycles. The van der Waals surface area contributed by atoms with E-state index in [4.69, 9.17) is 11.6 Å². The molecule has 28 heavy (non-hydrogen) atoms. The Balaban J connectivity index is 1.47. The average molecular weight is 396 g/mol. The van der Waals surface area contributed by atoms with Crippen molar-refractivity contribution in [3.8, 4) is 0 Å². The van der Waals surface area contributed by atoms with E-state index in [1.165, 1.54) is 16.8 Å². The predicted octanol–water partition coefficient (Wildman–Crippen LogP) is 3.97. The number of Topliss-reactive ketones (excluding diaryl/α,β-unsaturated/α-hetero) is 1. The summed E-state index contributed by atoms with van der Waals surface area (Å²) in [6.07, 6.45) is 1.59. The van der Waals surface area contributed by atoms with Crippen molar-refractivity contribution in [2.45, 2.75) is 13.8 Å². The Bertz CT molecular complexity index is 1060. The van der Waals surface area contributed by atoms with E-state index in [1.54, 1.807) is 29.3 Å². The molecule has 4 rings (SSSR count). The van der Waals surface area contributed by atoms with Gasteiger partial charge in [-0.2, -0.15) is 0 Å². The van der Waals surface area contributed by atoms with Crippen molar-refractivity contribution >= 4 is 39.9 Å². The number of aryl methyl sites for hydroxylation is 1. The van der Waals surface area contributed by atoms with Crippen molar-refractivity contribution in [3.63, 3.8) is 0 Å². The maximum absolute atomic E-state index is 12.8. The van der Waals surface area contributed by atoms with Crippen LogP contribution in [0.4, 0.5) is 5.69 Å². The standard InChI is InChI=1S/C22H22ClN3O2/c1-14-4-3-5-20(15(14)2)25-8-10-26(11-9-25)22(28)21(27)18-13-24-19-12-16(23)6-7-17(18)19/h3-7,12-13,24H,8-11H2,1-2H3. The molecular formula is C22H22ClN3O2. The van der Waals surface area contributed by atoms with Gasteiger partial charge in [0.2, 0.25) is 0 Å². The number of ketones is 1. The van der Waals surface area contributed by atoms with Crippen LogP contribution in [0.2, 0.25) is 5.02 Å². The van der Waals surface area contributed by atoms with Gasteiger partial charge in [-0.05, 0) is 43.2 Å². The molecule has 1 aromatic heterocycles. The minimum atomic E-state index is -0.478. The number of benzene rings is 2. The van der Waals surface area contributed by atoms with Crippen LogP contribution >= 0.6 is 11.6 Å². The molecule has 0 bridgehead atoms. The van der Waals surface area contributed by atoms with E-state index in [0.29, 0.717) is 36.8 Å². The van der Waals surface area contributed by atoms with Crippen LogP contribution in [0.5, 0.6) is 0 Å². The van der Waals surface area contributed by atoms with Gasteiger partial charge in [0.15, 0.2) is 0 Å². The Morgan fingerprint density at radius 1 is 1.04 bits per heavy atom. The van der Waals surface area contributed by atoms with Gasteiger partial charge in [-0.1, -0.05) is 29.8 Å². The lowest BCUT2D eigenvalue weighted by Crippen LogP contribution is -2.50. The third-order valence-corrected chi connectivity index (χ3v) is 5.80. The van der Waals surface area contributed by atoms with Crippen molar-refractivity contribution in [2.75, 3.05) is 31.1 Å². The Morgan fingerprint density at radius 2 is 1.79 bits per heavy atom. The number of halogens is 1. The van der Waals surface area contributed by atoms with E-state index in [1.807, 2.05) is 0 Å². The summed E-state index contributed by atoms with van der Waals surface area (Å²) >= 11 is 5.99. The zero-order valence-electron chi connectivity index (χ0n) is 16.0. The van der Waals surface area contributed by atoms with E-state index in [-0.39, 0.29) is 0 Å². The molecule has 1 amide bonds. The van der Waals surface area contributed by atoms with Gasteiger partial charge in [0.1, 0.15) is 0 Å². The summed E-state index contributed by atoms with van der Waals surface area (Å²) in [5, 5.41) is 1.30. The van der Waals surface area contributed by atoms with Crippen LogP contribution in [0, 0.1) is 13.8 Å². The molecule has 0 saturated carbocycles. The molecule has 5 nitrogen and oxygen atoms in total. The van der Waals surface area contributed by atoms with Gasteiger partial charge in [-0.25, -0.2) is 0 Å². The zero-order chi connectivity index (χ0) is 19.8. The van der Waals surface area contributed by atoms with Crippen molar-refractivity contribution in [3.05, 3.63) is 64.3 Å². The summed E-state index contributed by atoms with van der Waals surface area (Å²) in [6, 6.07) is 11.5. The first-order chi connectivity index (χ1) is 13.5. The lowest BCUT2D eigenvalue weighted by molar-refractivity contribution is -0.126. The molecule has 0 spiro atoms. The number of aromatic amines is 1. The normalized spacial score (nSPS) is 14.5. The number of anilines is 1. The second-order valence-electron chi connectivity index (χ2n) is 7.22. The smallest absolute Gasteiger partial charge is 0.295 e. The number of nitrogens with one attached hydrogen (secondary N) is 1. The monoisotopic (exact) mass is 395 g/mol. The first kappa shape index (κ1) is 18.6. The van der Waals surface area contributed by atoms with Gasteiger partial charge in [0.05, 0.1) is 5.56 Å². The number of hydrogen-bond donors (Lipinski definition) is 1. The van der Waals surface area contributed by atoms with Crippen LogP contribution in [0.3, 0.4) is 0 Å². The number of amides is 1. The predicted molar refractivity (Wildman–Crippen MR) is 112 cm³/mol. The molecule has 2 aromatic carbocycles. The summed E-state index contributed by atoms with van der Waals surface area (Å²) in [5.74, 6) is -0.926. The van der Waals surface area contributed by atoms with E-state index >= 15 is 0 Å². The Labute approximate surface area is 168 Å². The Hall–Kier alpha value is -2.79. The summed E-state index contributed by atoms with van der Waals surface area (Å²) < 4.78 is 0. The molecule has 1 fully saturated rings. The maximum atomic E-state index is 12.8. The number of piperazine rings is 1. The van der Waals surface area contributed by atoms with Crippen molar-refractivity contribution < 1.29 is 9.59 Å². The molecule has 144 valence electrons. The van der Waals surface area contributed by atoms with E-state index < -0.39 is 11.7 Å². The summed E-state index contributed by atoms with van der Waals surface area (Å²) in [4.78, 5) is 32.5. The molecule has 2 heterocycles. The summed E-state index contributed by atoms with van der Waals surface area (Å²) in [7, 11) is 0. The molecule has 0 atom stereocenters. The first-order valence-corrected chi connectivity index (χ1v) is 9.75. The van der Waals surface area contributed by atoms with Crippen LogP contribution in [-0.2, 0) is 4.79 Å². The fraction of sp³-hybridized carbons (Fsp3) is 0.273. The minimum Gasteiger partial charge on any atom is -0.368 e. The molecule has 0 unspecified atom stereocenters. The van der Waals surface area contributed by atoms with Gasteiger partial charge in [0.25, 0.3) is 11.7 Å². The zero-order valence-corrected chi connectivity index (χ0v) is 16.7. The number of hydrogen-bond acceptors (Lipinski definition) is 3. The fourth-order valence-corrected chi connectivity index (χ4v) is 3.95. The van der Waals surface area contributed by atoms with Crippen LogP contribution in [0.15, 0.2) is 42.6 Å². The highest BCUT2D eigenvalue weighted by Gasteiger charge is 2.28. The number of aromatic nitrogens is 1. The fourth-order valence-electron chi connectivity index (χ4n) is 3.77. The molecule has 1 N–H and O–H groups in total. The Morgan fingerprint density at radius 3 is 2.54 bits per heavy atom.